The number of rotatable bonds is 7. The van der Waals surface area contributed by atoms with E-state index in [1.165, 1.54) is 0 Å². The molecule has 6 N–H and O–H groups in total. The zero-order valence-electron chi connectivity index (χ0n) is 17.7. The van der Waals surface area contributed by atoms with Crippen molar-refractivity contribution in [2.24, 2.45) is 5.92 Å². The molecule has 1 saturated carbocycles. The van der Waals surface area contributed by atoms with Crippen molar-refractivity contribution in [1.82, 2.24) is 9.97 Å². The zero-order chi connectivity index (χ0) is 23.4. The maximum atomic E-state index is 10.3. The number of halogens is 1. The van der Waals surface area contributed by atoms with E-state index in [9.17, 15) is 15.3 Å². The summed E-state index contributed by atoms with van der Waals surface area (Å²) in [4.78, 5) is 8.26. The molecular formula is C24H25ClN4O4. The Morgan fingerprint density at radius 1 is 1.03 bits per heavy atom. The van der Waals surface area contributed by atoms with Crippen molar-refractivity contribution in [2.45, 2.75) is 24.7 Å². The molecule has 0 radical (unpaired) electrons. The van der Waals surface area contributed by atoms with Gasteiger partial charge in [0.2, 0.25) is 5.95 Å². The van der Waals surface area contributed by atoms with Crippen molar-refractivity contribution in [3.8, 4) is 11.5 Å². The first-order valence-electron chi connectivity index (χ1n) is 10.5. The number of hydrogen-bond donors (Lipinski definition) is 5. The first kappa shape index (κ1) is 23.0. The zero-order valence-corrected chi connectivity index (χ0v) is 18.4. The fourth-order valence-electron chi connectivity index (χ4n) is 3.83. The third kappa shape index (κ3) is 5.43. The molecule has 3 aromatic rings. The maximum absolute atomic E-state index is 10.3. The van der Waals surface area contributed by atoms with E-state index in [4.69, 9.17) is 22.1 Å². The van der Waals surface area contributed by atoms with Crippen LogP contribution in [0.1, 0.15) is 17.5 Å². The molecule has 172 valence electrons. The van der Waals surface area contributed by atoms with Crippen LogP contribution < -0.4 is 15.8 Å². The molecular weight excluding hydrogens is 444 g/mol. The lowest BCUT2D eigenvalue weighted by Crippen LogP contribution is -2.35. The van der Waals surface area contributed by atoms with Crippen molar-refractivity contribution in [3.63, 3.8) is 0 Å². The van der Waals surface area contributed by atoms with Gasteiger partial charge in [-0.15, -0.1) is 0 Å². The third-order valence-corrected chi connectivity index (χ3v) is 5.84. The Hall–Kier alpha value is -3.17. The predicted octanol–water partition coefficient (Wildman–Crippen LogP) is 3.19. The van der Waals surface area contributed by atoms with Gasteiger partial charge in [0.05, 0.1) is 17.7 Å². The topological polar surface area (TPSA) is 134 Å². The SMILES string of the molecule is Nc1nc(Cl)c(/C=C/c2cccc(Oc3ccccc3)c2)c(N[C@@H]2C[C@H](CO)[C@@H](O)[C@H]2O)n1. The van der Waals surface area contributed by atoms with Crippen LogP contribution in [-0.2, 0) is 0 Å². The summed E-state index contributed by atoms with van der Waals surface area (Å²) in [5, 5.41) is 33.1. The number of hydrogen-bond acceptors (Lipinski definition) is 8. The fraction of sp³-hybridized carbons (Fsp3) is 0.250. The van der Waals surface area contributed by atoms with Crippen LogP contribution in [0.15, 0.2) is 54.6 Å². The Morgan fingerprint density at radius 3 is 2.52 bits per heavy atom. The number of aliphatic hydroxyl groups excluding tert-OH is 3. The van der Waals surface area contributed by atoms with Crippen LogP contribution in [0.25, 0.3) is 12.2 Å². The minimum absolute atomic E-state index is 0.0235. The molecule has 0 unspecified atom stereocenters. The average molecular weight is 469 g/mol. The quantitative estimate of drug-likeness (QED) is 0.334. The Bertz CT molecular complexity index is 1130. The van der Waals surface area contributed by atoms with Gasteiger partial charge in [-0.05, 0) is 42.3 Å². The number of aromatic nitrogens is 2. The van der Waals surface area contributed by atoms with Gasteiger partial charge in [0.25, 0.3) is 0 Å². The maximum Gasteiger partial charge on any atom is 0.223 e. The van der Waals surface area contributed by atoms with Crippen molar-refractivity contribution in [3.05, 3.63) is 70.9 Å². The Kier molecular flexibility index (Phi) is 7.10. The molecule has 1 heterocycles. The molecule has 8 nitrogen and oxygen atoms in total. The Labute approximate surface area is 196 Å². The summed E-state index contributed by atoms with van der Waals surface area (Å²) in [6.45, 7) is -0.225. The van der Waals surface area contributed by atoms with E-state index in [0.717, 1.165) is 11.3 Å². The second-order valence-electron chi connectivity index (χ2n) is 7.87. The third-order valence-electron chi connectivity index (χ3n) is 5.55. The van der Waals surface area contributed by atoms with E-state index < -0.39 is 24.2 Å². The van der Waals surface area contributed by atoms with Crippen LogP contribution in [0.2, 0.25) is 5.15 Å². The van der Waals surface area contributed by atoms with Gasteiger partial charge in [-0.25, -0.2) is 4.98 Å². The predicted molar refractivity (Wildman–Crippen MR) is 128 cm³/mol. The monoisotopic (exact) mass is 468 g/mol. The molecule has 0 bridgehead atoms. The molecule has 4 rings (SSSR count). The number of nitrogens with two attached hydrogens (primary N) is 1. The molecule has 1 aliphatic carbocycles. The van der Waals surface area contributed by atoms with Crippen LogP contribution in [-0.4, -0.2) is 50.1 Å². The van der Waals surface area contributed by atoms with E-state index in [0.29, 0.717) is 23.6 Å². The van der Waals surface area contributed by atoms with Crippen molar-refractivity contribution >= 4 is 35.5 Å². The summed E-state index contributed by atoms with van der Waals surface area (Å²) >= 11 is 6.35. The van der Waals surface area contributed by atoms with E-state index in [-0.39, 0.29) is 17.7 Å². The number of benzene rings is 2. The molecule has 1 fully saturated rings. The highest BCUT2D eigenvalue weighted by atomic mass is 35.5. The van der Waals surface area contributed by atoms with E-state index in [1.807, 2.05) is 60.7 Å². The number of nitrogen functional groups attached to an aromatic ring is 1. The van der Waals surface area contributed by atoms with Gasteiger partial charge < -0.3 is 31.1 Å². The summed E-state index contributed by atoms with van der Waals surface area (Å²) in [6.07, 6.45) is 1.84. The summed E-state index contributed by atoms with van der Waals surface area (Å²) in [6, 6.07) is 16.5. The number of ether oxygens (including phenoxy) is 1. The molecule has 33 heavy (non-hydrogen) atoms. The molecule has 0 saturated heterocycles. The first-order chi connectivity index (χ1) is 15.9. The van der Waals surface area contributed by atoms with E-state index in [1.54, 1.807) is 6.08 Å². The Balaban J connectivity index is 1.56. The lowest BCUT2D eigenvalue weighted by Gasteiger charge is -2.20. The van der Waals surface area contributed by atoms with Crippen molar-refractivity contribution in [1.29, 1.82) is 0 Å². The van der Waals surface area contributed by atoms with Gasteiger partial charge in [0.1, 0.15) is 28.6 Å². The summed E-state index contributed by atoms with van der Waals surface area (Å²) in [5.74, 6) is 1.29. The van der Waals surface area contributed by atoms with Crippen LogP contribution >= 0.6 is 11.6 Å². The molecule has 1 aromatic heterocycles. The van der Waals surface area contributed by atoms with E-state index >= 15 is 0 Å². The second-order valence-corrected chi connectivity index (χ2v) is 8.22. The van der Waals surface area contributed by atoms with Gasteiger partial charge in [0.15, 0.2) is 0 Å². The molecule has 0 aliphatic heterocycles. The average Bonchev–Trinajstić information content (AvgIpc) is 3.07. The highest BCUT2D eigenvalue weighted by molar-refractivity contribution is 6.31. The van der Waals surface area contributed by atoms with Crippen LogP contribution in [0.5, 0.6) is 11.5 Å². The molecule has 0 spiro atoms. The number of para-hydroxylation sites is 1. The number of nitrogens with one attached hydrogen (secondary N) is 1. The Morgan fingerprint density at radius 2 is 1.79 bits per heavy atom. The van der Waals surface area contributed by atoms with Gasteiger partial charge in [0, 0.05) is 12.5 Å². The molecule has 1 aliphatic rings. The van der Waals surface area contributed by atoms with Crippen LogP contribution in [0.3, 0.4) is 0 Å². The summed E-state index contributed by atoms with van der Waals surface area (Å²) in [7, 11) is 0. The summed E-state index contributed by atoms with van der Waals surface area (Å²) in [5.41, 5.74) is 7.12. The van der Waals surface area contributed by atoms with Crippen LogP contribution in [0, 0.1) is 5.92 Å². The van der Waals surface area contributed by atoms with Gasteiger partial charge >= 0.3 is 0 Å². The van der Waals surface area contributed by atoms with Crippen molar-refractivity contribution in [2.75, 3.05) is 17.7 Å². The lowest BCUT2D eigenvalue weighted by molar-refractivity contribution is 0.00445. The minimum atomic E-state index is -1.07. The van der Waals surface area contributed by atoms with Gasteiger partial charge in [-0.2, -0.15) is 4.98 Å². The number of anilines is 2. The highest BCUT2D eigenvalue weighted by Gasteiger charge is 2.41. The minimum Gasteiger partial charge on any atom is -0.457 e. The van der Waals surface area contributed by atoms with Crippen LogP contribution in [0.4, 0.5) is 11.8 Å². The number of nitrogens with zero attached hydrogens (tertiary/aromatic N) is 2. The van der Waals surface area contributed by atoms with Crippen molar-refractivity contribution < 1.29 is 20.1 Å². The normalized spacial score (nSPS) is 22.5. The summed E-state index contributed by atoms with van der Waals surface area (Å²) < 4.78 is 5.88. The fourth-order valence-corrected chi connectivity index (χ4v) is 4.07. The molecule has 9 heteroatoms. The molecule has 4 atom stereocenters. The molecule has 2 aromatic carbocycles. The lowest BCUT2D eigenvalue weighted by atomic mass is 10.1. The highest BCUT2D eigenvalue weighted by Crippen LogP contribution is 2.32. The first-order valence-corrected chi connectivity index (χ1v) is 10.9. The molecule has 0 amide bonds. The van der Waals surface area contributed by atoms with Gasteiger partial charge in [-0.1, -0.05) is 48.0 Å². The standard InChI is InChI=1S/C24H25ClN4O4/c25-22-18(10-9-14-5-4-8-17(11-14)33-16-6-2-1-3-7-16)23(29-24(26)28-22)27-19-12-15(13-30)20(31)21(19)32/h1-11,15,19-21,30-32H,12-13H2,(H3,26,27,28,29)/b10-9+/t15-,19-,20-,21+/m1/s1. The smallest absolute Gasteiger partial charge is 0.223 e. The second kappa shape index (κ2) is 10.2. The van der Waals surface area contributed by atoms with Gasteiger partial charge in [-0.3, -0.25) is 0 Å². The largest absolute Gasteiger partial charge is 0.457 e. The van der Waals surface area contributed by atoms with E-state index in [2.05, 4.69) is 15.3 Å². The number of aliphatic hydroxyl groups is 3.